The second kappa shape index (κ2) is 6.44. The number of nitrogens with one attached hydrogen (secondary N) is 1. The number of rotatable bonds is 3. The van der Waals surface area contributed by atoms with Gasteiger partial charge < -0.3 is 14.8 Å². The van der Waals surface area contributed by atoms with E-state index >= 15 is 0 Å². The van der Waals surface area contributed by atoms with Gasteiger partial charge in [0.05, 0.1) is 18.8 Å². The lowest BCUT2D eigenvalue weighted by atomic mass is 9.77. The molecule has 0 unspecified atom stereocenters. The van der Waals surface area contributed by atoms with Crippen LogP contribution in [0.3, 0.4) is 0 Å². The molecule has 126 valence electrons. The molecule has 2 aromatic carbocycles. The van der Waals surface area contributed by atoms with Gasteiger partial charge in [-0.05, 0) is 44.0 Å². The minimum absolute atomic E-state index is 0.0645. The number of benzene rings is 2. The molecule has 0 aliphatic carbocycles. The highest BCUT2D eigenvalue weighted by molar-refractivity contribution is 5.58. The van der Waals surface area contributed by atoms with Crippen molar-refractivity contribution in [1.82, 2.24) is 0 Å². The molecule has 0 amide bonds. The normalized spacial score (nSPS) is 25.3. The van der Waals surface area contributed by atoms with Gasteiger partial charge in [0.25, 0.3) is 0 Å². The fraction of sp³-hybridized carbons (Fsp3) is 0.400. The SMILES string of the molecule is CCOc1ccccc1[C@@H]1Nc2ccc(F)cc2[C@@H]2OCCC[C@H]12. The van der Waals surface area contributed by atoms with Crippen LogP contribution in [0.5, 0.6) is 5.75 Å². The second-order valence-electron chi connectivity index (χ2n) is 6.42. The molecule has 3 nitrogen and oxygen atoms in total. The summed E-state index contributed by atoms with van der Waals surface area (Å²) in [4.78, 5) is 0. The first-order chi connectivity index (χ1) is 11.8. The van der Waals surface area contributed by atoms with Gasteiger partial charge in [-0.15, -0.1) is 0 Å². The van der Waals surface area contributed by atoms with Crippen molar-refractivity contribution in [2.24, 2.45) is 5.92 Å². The maximum Gasteiger partial charge on any atom is 0.124 e. The van der Waals surface area contributed by atoms with Gasteiger partial charge in [0, 0.05) is 29.3 Å². The molecule has 2 heterocycles. The summed E-state index contributed by atoms with van der Waals surface area (Å²) in [5, 5.41) is 3.61. The van der Waals surface area contributed by atoms with Crippen LogP contribution in [0.25, 0.3) is 0 Å². The highest BCUT2D eigenvalue weighted by Gasteiger charge is 2.40. The van der Waals surface area contributed by atoms with Crippen LogP contribution in [0.15, 0.2) is 42.5 Å². The fourth-order valence-electron chi connectivity index (χ4n) is 3.97. The maximum absolute atomic E-state index is 13.7. The third-order valence-corrected chi connectivity index (χ3v) is 4.98. The fourth-order valence-corrected chi connectivity index (χ4v) is 3.97. The molecule has 0 bridgehead atoms. The van der Waals surface area contributed by atoms with E-state index in [0.717, 1.165) is 42.0 Å². The Hall–Kier alpha value is -2.07. The lowest BCUT2D eigenvalue weighted by Gasteiger charge is -2.43. The van der Waals surface area contributed by atoms with E-state index in [0.29, 0.717) is 6.61 Å². The Labute approximate surface area is 141 Å². The molecule has 0 radical (unpaired) electrons. The zero-order chi connectivity index (χ0) is 16.5. The molecule has 0 saturated carbocycles. The van der Waals surface area contributed by atoms with Crippen LogP contribution in [0.4, 0.5) is 10.1 Å². The van der Waals surface area contributed by atoms with E-state index in [1.807, 2.05) is 31.2 Å². The number of hydrogen-bond acceptors (Lipinski definition) is 3. The third-order valence-electron chi connectivity index (χ3n) is 4.98. The summed E-state index contributed by atoms with van der Waals surface area (Å²) in [6.07, 6.45) is 2.02. The molecule has 2 aliphatic rings. The summed E-state index contributed by atoms with van der Waals surface area (Å²) in [6.45, 7) is 3.36. The van der Waals surface area contributed by atoms with E-state index in [9.17, 15) is 4.39 Å². The third kappa shape index (κ3) is 2.65. The van der Waals surface area contributed by atoms with Crippen molar-refractivity contribution in [2.75, 3.05) is 18.5 Å². The average molecular weight is 327 g/mol. The Morgan fingerprint density at radius 1 is 1.21 bits per heavy atom. The Bertz CT molecular complexity index is 733. The molecule has 0 spiro atoms. The molecule has 1 saturated heterocycles. The van der Waals surface area contributed by atoms with Crippen molar-refractivity contribution in [2.45, 2.75) is 31.9 Å². The quantitative estimate of drug-likeness (QED) is 0.873. The average Bonchev–Trinajstić information content (AvgIpc) is 2.62. The summed E-state index contributed by atoms with van der Waals surface area (Å²) in [6, 6.07) is 13.2. The second-order valence-corrected chi connectivity index (χ2v) is 6.42. The van der Waals surface area contributed by atoms with E-state index in [2.05, 4.69) is 11.4 Å². The predicted octanol–water partition coefficient (Wildman–Crippen LogP) is 4.86. The zero-order valence-electron chi connectivity index (χ0n) is 13.8. The van der Waals surface area contributed by atoms with Crippen LogP contribution >= 0.6 is 0 Å². The monoisotopic (exact) mass is 327 g/mol. The number of fused-ring (bicyclic) bond motifs is 3. The first-order valence-electron chi connectivity index (χ1n) is 8.67. The van der Waals surface area contributed by atoms with Gasteiger partial charge >= 0.3 is 0 Å². The Morgan fingerprint density at radius 2 is 2.08 bits per heavy atom. The Morgan fingerprint density at radius 3 is 2.96 bits per heavy atom. The van der Waals surface area contributed by atoms with Gasteiger partial charge in [-0.2, -0.15) is 0 Å². The Balaban J connectivity index is 1.78. The van der Waals surface area contributed by atoms with Gasteiger partial charge in [0.2, 0.25) is 0 Å². The summed E-state index contributed by atoms with van der Waals surface area (Å²) in [5.74, 6) is 0.971. The van der Waals surface area contributed by atoms with Crippen molar-refractivity contribution in [1.29, 1.82) is 0 Å². The molecule has 2 aromatic rings. The molecule has 0 aromatic heterocycles. The molecule has 2 aliphatic heterocycles. The lowest BCUT2D eigenvalue weighted by molar-refractivity contribution is -0.0384. The predicted molar refractivity (Wildman–Crippen MR) is 91.8 cm³/mol. The van der Waals surface area contributed by atoms with Crippen LogP contribution in [0.2, 0.25) is 0 Å². The summed E-state index contributed by atoms with van der Waals surface area (Å²) in [5.41, 5.74) is 3.04. The van der Waals surface area contributed by atoms with Crippen molar-refractivity contribution in [3.8, 4) is 5.75 Å². The molecular formula is C20H22FNO2. The summed E-state index contributed by atoms with van der Waals surface area (Å²) in [7, 11) is 0. The number of anilines is 1. The molecule has 3 atom stereocenters. The van der Waals surface area contributed by atoms with Crippen LogP contribution in [0.1, 0.15) is 43.0 Å². The Kier molecular flexibility index (Phi) is 4.15. The minimum atomic E-state index is -0.211. The van der Waals surface area contributed by atoms with Crippen LogP contribution < -0.4 is 10.1 Å². The molecule has 24 heavy (non-hydrogen) atoms. The van der Waals surface area contributed by atoms with Crippen LogP contribution in [0, 0.1) is 11.7 Å². The molecule has 4 rings (SSSR count). The minimum Gasteiger partial charge on any atom is -0.494 e. The number of halogens is 1. The van der Waals surface area contributed by atoms with Gasteiger partial charge in [-0.1, -0.05) is 18.2 Å². The van der Waals surface area contributed by atoms with E-state index < -0.39 is 0 Å². The van der Waals surface area contributed by atoms with Gasteiger partial charge in [0.1, 0.15) is 11.6 Å². The van der Waals surface area contributed by atoms with Gasteiger partial charge in [-0.3, -0.25) is 0 Å². The number of hydrogen-bond donors (Lipinski definition) is 1. The molecule has 1 N–H and O–H groups in total. The first-order valence-corrected chi connectivity index (χ1v) is 8.67. The highest BCUT2D eigenvalue weighted by atomic mass is 19.1. The zero-order valence-corrected chi connectivity index (χ0v) is 13.8. The smallest absolute Gasteiger partial charge is 0.124 e. The number of para-hydroxylation sites is 1. The van der Waals surface area contributed by atoms with Crippen LogP contribution in [-0.2, 0) is 4.74 Å². The van der Waals surface area contributed by atoms with Gasteiger partial charge in [-0.25, -0.2) is 4.39 Å². The van der Waals surface area contributed by atoms with E-state index in [1.54, 1.807) is 6.07 Å². The molecule has 1 fully saturated rings. The van der Waals surface area contributed by atoms with Crippen molar-refractivity contribution < 1.29 is 13.9 Å². The largest absolute Gasteiger partial charge is 0.494 e. The topological polar surface area (TPSA) is 30.5 Å². The highest BCUT2D eigenvalue weighted by Crippen LogP contribution is 2.50. The maximum atomic E-state index is 13.7. The van der Waals surface area contributed by atoms with E-state index in [-0.39, 0.29) is 23.9 Å². The lowest BCUT2D eigenvalue weighted by Crippen LogP contribution is -2.36. The van der Waals surface area contributed by atoms with Gasteiger partial charge in [0.15, 0.2) is 0 Å². The molecular weight excluding hydrogens is 305 g/mol. The first kappa shape index (κ1) is 15.5. The standard InChI is InChI=1S/C20H22FNO2/c1-2-23-18-8-4-3-6-14(18)19-15-7-5-11-24-20(15)16-12-13(21)9-10-17(16)22-19/h3-4,6,8-10,12,15,19-20,22H,2,5,7,11H2,1H3/t15-,19+,20-/m1/s1. The van der Waals surface area contributed by atoms with Crippen molar-refractivity contribution in [3.63, 3.8) is 0 Å². The summed E-state index contributed by atoms with van der Waals surface area (Å²) < 4.78 is 25.6. The molecule has 4 heteroatoms. The summed E-state index contributed by atoms with van der Waals surface area (Å²) >= 11 is 0. The van der Waals surface area contributed by atoms with E-state index in [1.165, 1.54) is 6.07 Å². The van der Waals surface area contributed by atoms with Crippen LogP contribution in [-0.4, -0.2) is 13.2 Å². The van der Waals surface area contributed by atoms with Crippen molar-refractivity contribution >= 4 is 5.69 Å². The number of ether oxygens (including phenoxy) is 2. The van der Waals surface area contributed by atoms with Crippen molar-refractivity contribution in [3.05, 3.63) is 59.4 Å². The van der Waals surface area contributed by atoms with E-state index in [4.69, 9.17) is 9.47 Å².